The molecule has 0 saturated carbocycles. The average molecular weight is 404 g/mol. The van der Waals surface area contributed by atoms with E-state index in [9.17, 15) is 4.79 Å². The van der Waals surface area contributed by atoms with Gasteiger partial charge in [-0.1, -0.05) is 24.3 Å². The lowest BCUT2D eigenvalue weighted by atomic mass is 10.1. The Morgan fingerprint density at radius 1 is 1.20 bits per heavy atom. The van der Waals surface area contributed by atoms with Crippen LogP contribution in [0.15, 0.2) is 59.3 Å². The van der Waals surface area contributed by atoms with Gasteiger partial charge >= 0.3 is 0 Å². The van der Waals surface area contributed by atoms with Crippen LogP contribution in [0.5, 0.6) is 0 Å². The molecule has 3 heterocycles. The summed E-state index contributed by atoms with van der Waals surface area (Å²) in [5.41, 5.74) is 3.89. The zero-order valence-electron chi connectivity index (χ0n) is 17.3. The number of amides is 1. The van der Waals surface area contributed by atoms with Crippen molar-refractivity contribution in [3.05, 3.63) is 71.6 Å². The second-order valence-electron chi connectivity index (χ2n) is 7.38. The lowest BCUT2D eigenvalue weighted by Gasteiger charge is -2.10. The Hall–Kier alpha value is -3.45. The van der Waals surface area contributed by atoms with Crippen molar-refractivity contribution in [2.24, 2.45) is 0 Å². The molecule has 0 spiro atoms. The first-order valence-electron chi connectivity index (χ1n) is 9.84. The number of pyridine rings is 1. The number of ether oxygens (including phenoxy) is 1. The van der Waals surface area contributed by atoms with Crippen LogP contribution in [0.1, 0.15) is 41.4 Å². The van der Waals surface area contributed by atoms with Crippen molar-refractivity contribution >= 4 is 16.9 Å². The van der Waals surface area contributed by atoms with Gasteiger partial charge in [-0.3, -0.25) is 4.79 Å². The van der Waals surface area contributed by atoms with Crippen molar-refractivity contribution in [1.29, 1.82) is 0 Å². The molecule has 0 atom stereocenters. The molecule has 30 heavy (non-hydrogen) atoms. The number of fused-ring (bicyclic) bond motifs is 1. The molecule has 1 amide bonds. The van der Waals surface area contributed by atoms with Gasteiger partial charge in [0.25, 0.3) is 5.91 Å². The van der Waals surface area contributed by atoms with Crippen molar-refractivity contribution in [2.75, 3.05) is 7.11 Å². The van der Waals surface area contributed by atoms with Gasteiger partial charge in [0, 0.05) is 19.7 Å². The third-order valence-electron chi connectivity index (χ3n) is 4.86. The normalized spacial score (nSPS) is 11.3. The lowest BCUT2D eigenvalue weighted by Crippen LogP contribution is -2.23. The van der Waals surface area contributed by atoms with Crippen LogP contribution in [0.4, 0.5) is 0 Å². The SMILES string of the molecule is COCc1ccc(CNC(=O)c2cc(-c3ccco3)nc3c2cnn3C(C)C)cc1. The van der Waals surface area contributed by atoms with Crippen LogP contribution in [0.2, 0.25) is 0 Å². The highest BCUT2D eigenvalue weighted by Gasteiger charge is 2.19. The monoisotopic (exact) mass is 404 g/mol. The molecule has 1 aromatic carbocycles. The van der Waals surface area contributed by atoms with Gasteiger partial charge in [-0.05, 0) is 43.2 Å². The molecule has 0 unspecified atom stereocenters. The summed E-state index contributed by atoms with van der Waals surface area (Å²) in [6, 6.07) is 13.5. The summed E-state index contributed by atoms with van der Waals surface area (Å²) in [6.45, 7) is 5.04. The van der Waals surface area contributed by atoms with Crippen LogP contribution >= 0.6 is 0 Å². The predicted octanol–water partition coefficient (Wildman–Crippen LogP) is 4.35. The maximum absolute atomic E-state index is 13.1. The minimum Gasteiger partial charge on any atom is -0.463 e. The fourth-order valence-corrected chi connectivity index (χ4v) is 3.33. The largest absolute Gasteiger partial charge is 0.463 e. The van der Waals surface area contributed by atoms with Gasteiger partial charge in [-0.25, -0.2) is 9.67 Å². The van der Waals surface area contributed by atoms with E-state index in [2.05, 4.69) is 10.4 Å². The quantitative estimate of drug-likeness (QED) is 0.495. The van der Waals surface area contributed by atoms with E-state index in [1.165, 1.54) is 0 Å². The first-order valence-corrected chi connectivity index (χ1v) is 9.84. The van der Waals surface area contributed by atoms with E-state index >= 15 is 0 Å². The summed E-state index contributed by atoms with van der Waals surface area (Å²) in [4.78, 5) is 17.8. The number of furan rings is 1. The van der Waals surface area contributed by atoms with E-state index in [1.54, 1.807) is 31.7 Å². The molecule has 0 saturated heterocycles. The minimum absolute atomic E-state index is 0.114. The molecule has 0 bridgehead atoms. The number of nitrogens with zero attached hydrogens (tertiary/aromatic N) is 3. The van der Waals surface area contributed by atoms with Crippen molar-refractivity contribution < 1.29 is 13.9 Å². The first kappa shape index (κ1) is 19.8. The van der Waals surface area contributed by atoms with Gasteiger partial charge < -0.3 is 14.5 Å². The van der Waals surface area contributed by atoms with Crippen molar-refractivity contribution in [2.45, 2.75) is 33.0 Å². The molecule has 0 fully saturated rings. The highest BCUT2D eigenvalue weighted by Crippen LogP contribution is 2.26. The molecule has 7 nitrogen and oxygen atoms in total. The zero-order valence-corrected chi connectivity index (χ0v) is 17.3. The number of benzene rings is 1. The third-order valence-corrected chi connectivity index (χ3v) is 4.86. The molecule has 4 aromatic rings. The fourth-order valence-electron chi connectivity index (χ4n) is 3.33. The van der Waals surface area contributed by atoms with Crippen molar-refractivity contribution in [3.63, 3.8) is 0 Å². The summed E-state index contributed by atoms with van der Waals surface area (Å²) in [5.74, 6) is 0.427. The number of methoxy groups -OCH3 is 1. The molecule has 0 aliphatic rings. The Balaban J connectivity index is 1.64. The lowest BCUT2D eigenvalue weighted by molar-refractivity contribution is 0.0952. The molecular formula is C23H24N4O3. The number of hydrogen-bond donors (Lipinski definition) is 1. The Labute approximate surface area is 174 Å². The van der Waals surface area contributed by atoms with Crippen LogP contribution in [0, 0.1) is 0 Å². The van der Waals surface area contributed by atoms with Crippen LogP contribution in [-0.4, -0.2) is 27.8 Å². The minimum atomic E-state index is -0.181. The molecule has 3 aromatic heterocycles. The second kappa shape index (κ2) is 8.51. The molecule has 1 N–H and O–H groups in total. The van der Waals surface area contributed by atoms with Crippen molar-refractivity contribution in [3.8, 4) is 11.5 Å². The topological polar surface area (TPSA) is 82.2 Å². The smallest absolute Gasteiger partial charge is 0.252 e. The maximum atomic E-state index is 13.1. The fraction of sp³-hybridized carbons (Fsp3) is 0.261. The molecule has 0 radical (unpaired) electrons. The van der Waals surface area contributed by atoms with Crippen LogP contribution < -0.4 is 5.32 Å². The number of carbonyl (C=O) groups excluding carboxylic acids is 1. The molecule has 7 heteroatoms. The van der Waals surface area contributed by atoms with Gasteiger partial charge in [0.15, 0.2) is 11.4 Å². The van der Waals surface area contributed by atoms with Gasteiger partial charge in [-0.15, -0.1) is 0 Å². The number of aromatic nitrogens is 3. The number of hydrogen-bond acceptors (Lipinski definition) is 5. The van der Waals surface area contributed by atoms with Gasteiger partial charge in [0.2, 0.25) is 0 Å². The predicted molar refractivity (Wildman–Crippen MR) is 114 cm³/mol. The second-order valence-corrected chi connectivity index (χ2v) is 7.38. The maximum Gasteiger partial charge on any atom is 0.252 e. The Morgan fingerprint density at radius 3 is 2.63 bits per heavy atom. The van der Waals surface area contributed by atoms with E-state index < -0.39 is 0 Å². The van der Waals surface area contributed by atoms with E-state index in [1.807, 2.05) is 48.9 Å². The summed E-state index contributed by atoms with van der Waals surface area (Å²) in [5, 5.41) is 8.16. The Kier molecular flexibility index (Phi) is 5.63. The summed E-state index contributed by atoms with van der Waals surface area (Å²) in [7, 11) is 1.67. The summed E-state index contributed by atoms with van der Waals surface area (Å²) >= 11 is 0. The molecule has 4 rings (SSSR count). The van der Waals surface area contributed by atoms with E-state index in [-0.39, 0.29) is 11.9 Å². The Morgan fingerprint density at radius 2 is 1.97 bits per heavy atom. The van der Waals surface area contributed by atoms with Crippen LogP contribution in [-0.2, 0) is 17.9 Å². The summed E-state index contributed by atoms with van der Waals surface area (Å²) < 4.78 is 12.5. The third kappa shape index (κ3) is 3.97. The van der Waals surface area contributed by atoms with Crippen LogP contribution in [0.3, 0.4) is 0 Å². The van der Waals surface area contributed by atoms with E-state index in [0.29, 0.717) is 41.2 Å². The van der Waals surface area contributed by atoms with Gasteiger partial charge in [0.05, 0.1) is 30.0 Å². The Bertz CT molecular complexity index is 1150. The number of carbonyl (C=O) groups is 1. The molecule has 0 aliphatic carbocycles. The zero-order chi connectivity index (χ0) is 21.1. The van der Waals surface area contributed by atoms with Crippen molar-refractivity contribution in [1.82, 2.24) is 20.1 Å². The molecule has 154 valence electrons. The number of rotatable bonds is 7. The van der Waals surface area contributed by atoms with Crippen LogP contribution in [0.25, 0.3) is 22.5 Å². The highest BCUT2D eigenvalue weighted by atomic mass is 16.5. The van der Waals surface area contributed by atoms with E-state index in [4.69, 9.17) is 14.1 Å². The molecular weight excluding hydrogens is 380 g/mol. The average Bonchev–Trinajstić information content (AvgIpc) is 3.42. The standard InChI is InChI=1S/C23H24N4O3/c1-15(2)27-22-19(13-25-27)18(11-20(26-22)21-5-4-10-30-21)23(28)24-12-16-6-8-17(9-7-16)14-29-3/h4-11,13,15H,12,14H2,1-3H3,(H,24,28). The first-order chi connectivity index (χ1) is 14.6. The van der Waals surface area contributed by atoms with Gasteiger partial charge in [0.1, 0.15) is 5.69 Å². The number of nitrogens with one attached hydrogen (secondary N) is 1. The highest BCUT2D eigenvalue weighted by molar-refractivity contribution is 6.06. The van der Waals surface area contributed by atoms with Gasteiger partial charge in [-0.2, -0.15) is 5.10 Å². The summed E-state index contributed by atoms with van der Waals surface area (Å²) in [6.07, 6.45) is 3.29. The van der Waals surface area contributed by atoms with E-state index in [0.717, 1.165) is 11.1 Å². The molecule has 0 aliphatic heterocycles.